The summed E-state index contributed by atoms with van der Waals surface area (Å²) in [7, 11) is 0. The predicted molar refractivity (Wildman–Crippen MR) is 88.1 cm³/mol. The molecule has 2 rings (SSSR count). The van der Waals surface area contributed by atoms with Crippen molar-refractivity contribution < 1.29 is 4.74 Å². The molecule has 3 heteroatoms. The minimum Gasteiger partial charge on any atom is -0.379 e. The second-order valence-electron chi connectivity index (χ2n) is 6.09. The molecule has 0 aliphatic heterocycles. The normalized spacial score (nSPS) is 16.6. The Kier molecular flexibility index (Phi) is 6.53. The van der Waals surface area contributed by atoms with Gasteiger partial charge in [-0.05, 0) is 69.7 Å². The SMILES string of the molecule is CC(C)OCCC(CNC1CC1)Cc1ccc(Br)cc1. The molecule has 0 saturated heterocycles. The predicted octanol–water partition coefficient (Wildman–Crippen LogP) is 4.17. The van der Waals surface area contributed by atoms with Crippen LogP contribution >= 0.6 is 15.9 Å². The Morgan fingerprint density at radius 2 is 1.95 bits per heavy atom. The van der Waals surface area contributed by atoms with Gasteiger partial charge in [0.05, 0.1) is 6.10 Å². The van der Waals surface area contributed by atoms with E-state index in [1.807, 2.05) is 0 Å². The first kappa shape index (κ1) is 16.0. The third kappa shape index (κ3) is 6.38. The van der Waals surface area contributed by atoms with Crippen LogP contribution in [0, 0.1) is 5.92 Å². The summed E-state index contributed by atoms with van der Waals surface area (Å²) in [6.45, 7) is 6.19. The van der Waals surface area contributed by atoms with E-state index in [1.165, 1.54) is 18.4 Å². The summed E-state index contributed by atoms with van der Waals surface area (Å²) in [5.74, 6) is 0.663. The van der Waals surface area contributed by atoms with Crippen LogP contribution in [0.4, 0.5) is 0 Å². The fourth-order valence-corrected chi connectivity index (χ4v) is 2.59. The zero-order valence-corrected chi connectivity index (χ0v) is 14.2. The van der Waals surface area contributed by atoms with E-state index in [0.29, 0.717) is 12.0 Å². The van der Waals surface area contributed by atoms with Gasteiger partial charge in [0.15, 0.2) is 0 Å². The summed E-state index contributed by atoms with van der Waals surface area (Å²) in [5.41, 5.74) is 1.42. The van der Waals surface area contributed by atoms with Crippen molar-refractivity contribution in [1.29, 1.82) is 0 Å². The van der Waals surface area contributed by atoms with Crippen LogP contribution in [0.15, 0.2) is 28.7 Å². The lowest BCUT2D eigenvalue weighted by atomic mass is 9.96. The largest absolute Gasteiger partial charge is 0.379 e. The summed E-state index contributed by atoms with van der Waals surface area (Å²) >= 11 is 3.50. The third-order valence-electron chi connectivity index (χ3n) is 3.69. The Morgan fingerprint density at radius 1 is 1.25 bits per heavy atom. The van der Waals surface area contributed by atoms with E-state index < -0.39 is 0 Å². The van der Waals surface area contributed by atoms with Gasteiger partial charge in [-0.1, -0.05) is 28.1 Å². The topological polar surface area (TPSA) is 21.3 Å². The summed E-state index contributed by atoms with van der Waals surface area (Å²) in [6.07, 6.45) is 5.31. The maximum Gasteiger partial charge on any atom is 0.0518 e. The highest BCUT2D eigenvalue weighted by Gasteiger charge is 2.22. The standard InChI is InChI=1S/C17H26BrNO/c1-13(2)20-10-9-15(12-19-17-7-8-17)11-14-3-5-16(18)6-4-14/h3-6,13,15,17,19H,7-12H2,1-2H3. The second kappa shape index (κ2) is 8.16. The maximum atomic E-state index is 5.72. The van der Waals surface area contributed by atoms with Gasteiger partial charge in [-0.15, -0.1) is 0 Å². The van der Waals surface area contributed by atoms with Gasteiger partial charge in [0.2, 0.25) is 0 Å². The molecule has 0 radical (unpaired) electrons. The molecule has 0 heterocycles. The minimum absolute atomic E-state index is 0.333. The quantitative estimate of drug-likeness (QED) is 0.728. The van der Waals surface area contributed by atoms with Crippen molar-refractivity contribution in [3.63, 3.8) is 0 Å². The molecule has 1 N–H and O–H groups in total. The highest BCUT2D eigenvalue weighted by molar-refractivity contribution is 9.10. The number of nitrogens with one attached hydrogen (secondary N) is 1. The molecule has 0 aromatic heterocycles. The molecule has 2 nitrogen and oxygen atoms in total. The van der Waals surface area contributed by atoms with Crippen LogP contribution in [-0.4, -0.2) is 25.3 Å². The maximum absolute atomic E-state index is 5.72. The Bertz CT molecular complexity index is 386. The van der Waals surface area contributed by atoms with Gasteiger partial charge in [0.25, 0.3) is 0 Å². The Balaban J connectivity index is 1.81. The number of hydrogen-bond donors (Lipinski definition) is 1. The molecule has 1 unspecified atom stereocenters. The van der Waals surface area contributed by atoms with Crippen LogP contribution in [0.1, 0.15) is 38.7 Å². The lowest BCUT2D eigenvalue weighted by Gasteiger charge is -2.19. The van der Waals surface area contributed by atoms with Gasteiger partial charge in [-0.2, -0.15) is 0 Å². The molecule has 1 fully saturated rings. The minimum atomic E-state index is 0.333. The zero-order chi connectivity index (χ0) is 14.4. The fraction of sp³-hybridized carbons (Fsp3) is 0.647. The average molecular weight is 340 g/mol. The van der Waals surface area contributed by atoms with E-state index in [9.17, 15) is 0 Å². The Morgan fingerprint density at radius 3 is 2.55 bits per heavy atom. The molecule has 1 aliphatic rings. The molecule has 0 amide bonds. The van der Waals surface area contributed by atoms with E-state index in [-0.39, 0.29) is 0 Å². The first-order chi connectivity index (χ1) is 9.63. The third-order valence-corrected chi connectivity index (χ3v) is 4.22. The summed E-state index contributed by atoms with van der Waals surface area (Å²) < 4.78 is 6.87. The number of hydrogen-bond acceptors (Lipinski definition) is 2. The molecular formula is C17H26BrNO. The average Bonchev–Trinajstić information content (AvgIpc) is 3.22. The summed E-state index contributed by atoms with van der Waals surface area (Å²) in [5, 5.41) is 3.66. The van der Waals surface area contributed by atoms with Gasteiger partial charge in [-0.3, -0.25) is 0 Å². The first-order valence-corrected chi connectivity index (χ1v) is 8.52. The van der Waals surface area contributed by atoms with Crippen LogP contribution < -0.4 is 5.32 Å². The Labute approximate surface area is 131 Å². The molecule has 1 atom stereocenters. The highest BCUT2D eigenvalue weighted by Crippen LogP contribution is 2.21. The second-order valence-corrected chi connectivity index (χ2v) is 7.00. The van der Waals surface area contributed by atoms with E-state index in [1.54, 1.807) is 0 Å². The van der Waals surface area contributed by atoms with E-state index in [0.717, 1.165) is 36.5 Å². The van der Waals surface area contributed by atoms with Crippen LogP contribution in [0.3, 0.4) is 0 Å². The summed E-state index contributed by atoms with van der Waals surface area (Å²) in [6, 6.07) is 9.49. The molecule has 1 aliphatic carbocycles. The fourth-order valence-electron chi connectivity index (χ4n) is 2.32. The highest BCUT2D eigenvalue weighted by atomic mass is 79.9. The molecule has 20 heavy (non-hydrogen) atoms. The van der Waals surface area contributed by atoms with Gasteiger partial charge in [0, 0.05) is 17.1 Å². The lowest BCUT2D eigenvalue weighted by molar-refractivity contribution is 0.0682. The van der Waals surface area contributed by atoms with Gasteiger partial charge < -0.3 is 10.1 Å². The smallest absolute Gasteiger partial charge is 0.0518 e. The molecule has 0 bridgehead atoms. The van der Waals surface area contributed by atoms with E-state index in [4.69, 9.17) is 4.74 Å². The first-order valence-electron chi connectivity index (χ1n) is 7.73. The van der Waals surface area contributed by atoms with Crippen molar-refractivity contribution in [2.24, 2.45) is 5.92 Å². The number of ether oxygens (including phenoxy) is 1. The Hall–Kier alpha value is -0.380. The molecular weight excluding hydrogens is 314 g/mol. The summed E-state index contributed by atoms with van der Waals surface area (Å²) in [4.78, 5) is 0. The van der Waals surface area contributed by atoms with Crippen LogP contribution in [0.25, 0.3) is 0 Å². The van der Waals surface area contributed by atoms with Crippen LogP contribution in [-0.2, 0) is 11.2 Å². The van der Waals surface area contributed by atoms with Crippen molar-refractivity contribution in [2.45, 2.75) is 51.7 Å². The molecule has 112 valence electrons. The van der Waals surface area contributed by atoms with Crippen molar-refractivity contribution in [2.75, 3.05) is 13.2 Å². The van der Waals surface area contributed by atoms with Crippen LogP contribution in [0.2, 0.25) is 0 Å². The van der Waals surface area contributed by atoms with Crippen molar-refractivity contribution >= 4 is 15.9 Å². The van der Waals surface area contributed by atoms with E-state index >= 15 is 0 Å². The molecule has 1 aromatic rings. The zero-order valence-electron chi connectivity index (χ0n) is 12.6. The van der Waals surface area contributed by atoms with Gasteiger partial charge in [-0.25, -0.2) is 0 Å². The van der Waals surface area contributed by atoms with Gasteiger partial charge >= 0.3 is 0 Å². The monoisotopic (exact) mass is 339 g/mol. The van der Waals surface area contributed by atoms with Crippen molar-refractivity contribution in [3.8, 4) is 0 Å². The van der Waals surface area contributed by atoms with E-state index in [2.05, 4.69) is 59.4 Å². The number of benzene rings is 1. The molecule has 0 spiro atoms. The van der Waals surface area contributed by atoms with Gasteiger partial charge in [0.1, 0.15) is 0 Å². The lowest BCUT2D eigenvalue weighted by Crippen LogP contribution is -2.27. The van der Waals surface area contributed by atoms with Crippen LogP contribution in [0.5, 0.6) is 0 Å². The molecule has 1 saturated carbocycles. The number of rotatable bonds is 9. The molecule has 1 aromatic carbocycles. The van der Waals surface area contributed by atoms with Crippen molar-refractivity contribution in [1.82, 2.24) is 5.32 Å². The number of halogens is 1. The van der Waals surface area contributed by atoms with Crippen molar-refractivity contribution in [3.05, 3.63) is 34.3 Å².